The van der Waals surface area contributed by atoms with Crippen molar-refractivity contribution in [1.82, 2.24) is 10.3 Å². The van der Waals surface area contributed by atoms with Crippen molar-refractivity contribution in [3.8, 4) is 0 Å². The number of nitrogens with one attached hydrogen (secondary N) is 1. The third-order valence-corrected chi connectivity index (χ3v) is 5.30. The van der Waals surface area contributed by atoms with E-state index in [4.69, 9.17) is 0 Å². The van der Waals surface area contributed by atoms with Gasteiger partial charge in [0.05, 0.1) is 5.01 Å². The van der Waals surface area contributed by atoms with Gasteiger partial charge in [0, 0.05) is 28.0 Å². The fraction of sp³-hybridized carbons (Fsp3) is 0.471. The maximum Gasteiger partial charge on any atom is 0.0931 e. The molecule has 0 aliphatic heterocycles. The third kappa shape index (κ3) is 4.90. The van der Waals surface area contributed by atoms with Crippen molar-refractivity contribution >= 4 is 27.3 Å². The van der Waals surface area contributed by atoms with Gasteiger partial charge in [-0.25, -0.2) is 4.98 Å². The molecule has 1 aromatic carbocycles. The number of nitrogens with zero attached hydrogens (tertiary/aromatic N) is 1. The summed E-state index contributed by atoms with van der Waals surface area (Å²) < 4.78 is 1.17. The van der Waals surface area contributed by atoms with Gasteiger partial charge in [-0.2, -0.15) is 0 Å². The molecule has 1 saturated carbocycles. The molecule has 1 heterocycles. The van der Waals surface area contributed by atoms with Crippen LogP contribution in [0.5, 0.6) is 0 Å². The average Bonchev–Trinajstić information content (AvgIpc) is 3.19. The van der Waals surface area contributed by atoms with Crippen LogP contribution in [-0.2, 0) is 12.8 Å². The summed E-state index contributed by atoms with van der Waals surface area (Å²) in [6.07, 6.45) is 4.88. The molecule has 1 fully saturated rings. The Kier molecular flexibility index (Phi) is 5.09. The van der Waals surface area contributed by atoms with E-state index in [0.717, 1.165) is 31.1 Å². The van der Waals surface area contributed by atoms with E-state index in [2.05, 4.69) is 62.8 Å². The van der Waals surface area contributed by atoms with Gasteiger partial charge in [0.1, 0.15) is 0 Å². The summed E-state index contributed by atoms with van der Waals surface area (Å²) in [4.78, 5) is 4.63. The first-order chi connectivity index (χ1) is 10.2. The normalized spacial score (nSPS) is 16.1. The number of aryl methyl sites for hydroxylation is 1. The van der Waals surface area contributed by atoms with Crippen LogP contribution in [0.2, 0.25) is 0 Å². The van der Waals surface area contributed by atoms with Crippen LogP contribution in [0.1, 0.15) is 29.1 Å². The molecular weight excluding hydrogens is 344 g/mol. The molecule has 0 spiro atoms. The Labute approximate surface area is 139 Å². The first-order valence-electron chi connectivity index (χ1n) is 7.58. The smallest absolute Gasteiger partial charge is 0.0931 e. The monoisotopic (exact) mass is 364 g/mol. The van der Waals surface area contributed by atoms with Crippen molar-refractivity contribution in [2.24, 2.45) is 5.92 Å². The molecular formula is C17H21BrN2S. The van der Waals surface area contributed by atoms with E-state index in [9.17, 15) is 0 Å². The highest BCUT2D eigenvalue weighted by atomic mass is 79.9. The van der Waals surface area contributed by atoms with E-state index in [1.54, 1.807) is 11.3 Å². The van der Waals surface area contributed by atoms with Crippen molar-refractivity contribution in [2.45, 2.75) is 38.6 Å². The first-order valence-corrected chi connectivity index (χ1v) is 9.25. The number of hydrogen-bond acceptors (Lipinski definition) is 3. The van der Waals surface area contributed by atoms with Crippen LogP contribution in [0.3, 0.4) is 0 Å². The van der Waals surface area contributed by atoms with Crippen molar-refractivity contribution in [3.63, 3.8) is 0 Å². The fourth-order valence-electron chi connectivity index (χ4n) is 2.58. The van der Waals surface area contributed by atoms with E-state index in [1.807, 2.05) is 0 Å². The van der Waals surface area contributed by atoms with Crippen LogP contribution in [0.4, 0.5) is 0 Å². The third-order valence-electron chi connectivity index (χ3n) is 3.82. The Hall–Kier alpha value is -0.710. The van der Waals surface area contributed by atoms with Gasteiger partial charge in [0.25, 0.3) is 0 Å². The molecule has 0 amide bonds. The van der Waals surface area contributed by atoms with E-state index in [-0.39, 0.29) is 0 Å². The lowest BCUT2D eigenvalue weighted by Crippen LogP contribution is -2.27. The van der Waals surface area contributed by atoms with E-state index < -0.39 is 0 Å². The van der Waals surface area contributed by atoms with Gasteiger partial charge in [-0.05, 0) is 56.3 Å². The molecule has 4 heteroatoms. The Balaban J connectivity index is 1.65. The number of benzene rings is 1. The Morgan fingerprint density at radius 3 is 2.90 bits per heavy atom. The topological polar surface area (TPSA) is 24.9 Å². The molecule has 1 atom stereocenters. The minimum Gasteiger partial charge on any atom is -0.314 e. The predicted molar refractivity (Wildman–Crippen MR) is 92.9 cm³/mol. The quantitative estimate of drug-likeness (QED) is 0.788. The summed E-state index contributed by atoms with van der Waals surface area (Å²) in [6.45, 7) is 3.17. The van der Waals surface area contributed by atoms with E-state index in [1.165, 1.54) is 27.9 Å². The highest BCUT2D eigenvalue weighted by Crippen LogP contribution is 2.22. The number of rotatable bonds is 7. The lowest BCUT2D eigenvalue weighted by molar-refractivity contribution is 0.468. The van der Waals surface area contributed by atoms with Crippen molar-refractivity contribution in [3.05, 3.63) is 50.4 Å². The van der Waals surface area contributed by atoms with Crippen LogP contribution in [-0.4, -0.2) is 17.6 Å². The van der Waals surface area contributed by atoms with Gasteiger partial charge in [-0.3, -0.25) is 0 Å². The minimum atomic E-state index is 0.616. The van der Waals surface area contributed by atoms with Crippen LogP contribution in [0, 0.1) is 12.8 Å². The van der Waals surface area contributed by atoms with Gasteiger partial charge in [0.15, 0.2) is 0 Å². The molecule has 1 unspecified atom stereocenters. The van der Waals surface area contributed by atoms with Crippen LogP contribution < -0.4 is 5.32 Å². The predicted octanol–water partition coefficient (Wildman–Crippen LogP) is 4.37. The highest BCUT2D eigenvalue weighted by Gasteiger charge is 2.22. The Morgan fingerprint density at radius 2 is 2.24 bits per heavy atom. The first kappa shape index (κ1) is 15.2. The van der Waals surface area contributed by atoms with Crippen molar-refractivity contribution in [1.29, 1.82) is 0 Å². The lowest BCUT2D eigenvalue weighted by atomic mass is 9.96. The molecule has 1 aromatic heterocycles. The van der Waals surface area contributed by atoms with E-state index in [0.29, 0.717) is 5.92 Å². The minimum absolute atomic E-state index is 0.616. The largest absolute Gasteiger partial charge is 0.314 e. The van der Waals surface area contributed by atoms with Crippen LogP contribution in [0.15, 0.2) is 34.1 Å². The average molecular weight is 365 g/mol. The lowest BCUT2D eigenvalue weighted by Gasteiger charge is -2.17. The summed E-state index contributed by atoms with van der Waals surface area (Å²) in [5.74, 6) is 0.616. The molecule has 0 radical (unpaired) electrons. The molecule has 112 valence electrons. The van der Waals surface area contributed by atoms with Crippen molar-refractivity contribution < 1.29 is 0 Å². The summed E-state index contributed by atoms with van der Waals surface area (Å²) in [5, 5.41) is 7.10. The molecule has 2 nitrogen and oxygen atoms in total. The Bertz CT molecular complexity index is 592. The van der Waals surface area contributed by atoms with E-state index >= 15 is 0 Å². The summed E-state index contributed by atoms with van der Waals surface area (Å²) in [5.41, 5.74) is 2.55. The van der Waals surface area contributed by atoms with Crippen LogP contribution in [0.25, 0.3) is 0 Å². The van der Waals surface area contributed by atoms with Gasteiger partial charge in [-0.15, -0.1) is 11.3 Å². The highest BCUT2D eigenvalue weighted by molar-refractivity contribution is 9.10. The molecule has 2 aromatic rings. The van der Waals surface area contributed by atoms with Gasteiger partial charge >= 0.3 is 0 Å². The van der Waals surface area contributed by atoms with Gasteiger partial charge < -0.3 is 5.32 Å². The molecule has 21 heavy (non-hydrogen) atoms. The number of thiazole rings is 1. The molecule has 1 N–H and O–H groups in total. The second kappa shape index (κ2) is 7.03. The van der Waals surface area contributed by atoms with Crippen LogP contribution >= 0.6 is 27.3 Å². The number of hydrogen-bond donors (Lipinski definition) is 1. The zero-order chi connectivity index (χ0) is 14.7. The van der Waals surface area contributed by atoms with Crippen molar-refractivity contribution in [2.75, 3.05) is 6.54 Å². The van der Waals surface area contributed by atoms with Gasteiger partial charge in [-0.1, -0.05) is 28.1 Å². The van der Waals surface area contributed by atoms with Gasteiger partial charge in [0.2, 0.25) is 0 Å². The second-order valence-electron chi connectivity index (χ2n) is 5.97. The number of halogens is 1. The zero-order valence-electron chi connectivity index (χ0n) is 12.3. The number of aromatic nitrogens is 1. The maximum atomic E-state index is 4.63. The fourth-order valence-corrected chi connectivity index (χ4v) is 3.91. The zero-order valence-corrected chi connectivity index (χ0v) is 14.7. The molecule has 1 aliphatic carbocycles. The maximum absolute atomic E-state index is 4.63. The summed E-state index contributed by atoms with van der Waals surface area (Å²) in [6, 6.07) is 9.44. The standard InChI is InChI=1S/C17H21BrN2S/c1-12-11-21-17(20-12)9-14(10-19-16-5-6-16)7-13-3-2-4-15(18)8-13/h2-4,8,11,14,16,19H,5-7,9-10H2,1H3. The Morgan fingerprint density at radius 1 is 1.38 bits per heavy atom. The molecule has 0 saturated heterocycles. The SMILES string of the molecule is Cc1csc(CC(CNC2CC2)Cc2cccc(Br)c2)n1. The summed E-state index contributed by atoms with van der Waals surface area (Å²) >= 11 is 5.36. The summed E-state index contributed by atoms with van der Waals surface area (Å²) in [7, 11) is 0. The second-order valence-corrected chi connectivity index (χ2v) is 7.83. The molecule has 0 bridgehead atoms. The molecule has 3 rings (SSSR count). The molecule has 1 aliphatic rings.